The number of hydrogen-bond donors (Lipinski definition) is 1. The van der Waals surface area contributed by atoms with Gasteiger partial charge in [0.2, 0.25) is 0 Å². The van der Waals surface area contributed by atoms with E-state index in [1.54, 1.807) is 19.5 Å². The zero-order chi connectivity index (χ0) is 19.1. The minimum atomic E-state index is 0.117. The third-order valence-electron chi connectivity index (χ3n) is 4.11. The van der Waals surface area contributed by atoms with Crippen LogP contribution in [-0.2, 0) is 0 Å². The molecular weight excluding hydrogens is 368 g/mol. The Balaban J connectivity index is 2.18. The number of halogens is 1. The first-order valence-corrected chi connectivity index (χ1v) is 9.16. The van der Waals surface area contributed by atoms with E-state index >= 15 is 0 Å². The van der Waals surface area contributed by atoms with Gasteiger partial charge < -0.3 is 19.9 Å². The molecule has 0 bridgehead atoms. The van der Waals surface area contributed by atoms with Crippen molar-refractivity contribution in [1.82, 2.24) is 14.8 Å². The van der Waals surface area contributed by atoms with Crippen LogP contribution in [0.4, 0.5) is 5.69 Å². The molecule has 5 nitrogen and oxygen atoms in total. The predicted molar refractivity (Wildman–Crippen MR) is 112 cm³/mol. The van der Waals surface area contributed by atoms with Gasteiger partial charge in [-0.25, -0.2) is 0 Å². The van der Waals surface area contributed by atoms with Gasteiger partial charge in [0.25, 0.3) is 0 Å². The van der Waals surface area contributed by atoms with Crippen molar-refractivity contribution >= 4 is 34.6 Å². The summed E-state index contributed by atoms with van der Waals surface area (Å²) in [5.74, 6) is 0.637. The lowest BCUT2D eigenvalue weighted by atomic mass is 10.1. The van der Waals surface area contributed by atoms with Gasteiger partial charge in [-0.1, -0.05) is 11.6 Å². The van der Waals surface area contributed by atoms with E-state index in [1.807, 2.05) is 30.3 Å². The Bertz CT molecular complexity index is 727. The van der Waals surface area contributed by atoms with Crippen molar-refractivity contribution in [1.29, 1.82) is 0 Å². The van der Waals surface area contributed by atoms with Crippen LogP contribution in [0, 0.1) is 0 Å². The van der Waals surface area contributed by atoms with E-state index in [-0.39, 0.29) is 6.04 Å². The molecule has 1 heterocycles. The highest BCUT2D eigenvalue weighted by molar-refractivity contribution is 7.80. The molecule has 0 aliphatic rings. The first-order valence-electron chi connectivity index (χ1n) is 8.38. The van der Waals surface area contributed by atoms with Crippen molar-refractivity contribution in [3.63, 3.8) is 0 Å². The Labute approximate surface area is 165 Å². The highest BCUT2D eigenvalue weighted by Gasteiger charge is 2.19. The lowest BCUT2D eigenvalue weighted by Crippen LogP contribution is -2.40. The van der Waals surface area contributed by atoms with Crippen LogP contribution >= 0.6 is 23.8 Å². The third-order valence-corrected chi connectivity index (χ3v) is 4.74. The summed E-state index contributed by atoms with van der Waals surface area (Å²) >= 11 is 11.9. The maximum atomic E-state index is 6.22. The number of aromatic nitrogens is 1. The number of thiocarbonyl (C=S) groups is 1. The zero-order valence-electron chi connectivity index (χ0n) is 15.6. The largest absolute Gasteiger partial charge is 0.495 e. The van der Waals surface area contributed by atoms with Crippen molar-refractivity contribution in [3.8, 4) is 5.75 Å². The fourth-order valence-electron chi connectivity index (χ4n) is 2.54. The molecule has 2 rings (SSSR count). The molecule has 0 radical (unpaired) electrons. The number of pyridine rings is 1. The maximum absolute atomic E-state index is 6.22. The van der Waals surface area contributed by atoms with Gasteiger partial charge in [-0.15, -0.1) is 0 Å². The zero-order valence-corrected chi connectivity index (χ0v) is 17.1. The Kier molecular flexibility index (Phi) is 7.63. The first-order chi connectivity index (χ1) is 12.4. The number of hydrogen-bond acceptors (Lipinski definition) is 4. The third kappa shape index (κ3) is 5.56. The highest BCUT2D eigenvalue weighted by atomic mass is 35.5. The van der Waals surface area contributed by atoms with Gasteiger partial charge in [0, 0.05) is 31.2 Å². The molecular formula is C19H25ClN4OS. The Morgan fingerprint density at radius 2 is 1.92 bits per heavy atom. The summed E-state index contributed by atoms with van der Waals surface area (Å²) < 4.78 is 5.20. The van der Waals surface area contributed by atoms with Gasteiger partial charge in [0.05, 0.1) is 18.2 Å². The maximum Gasteiger partial charge on any atom is 0.173 e. The van der Waals surface area contributed by atoms with Gasteiger partial charge in [-0.3, -0.25) is 4.98 Å². The number of likely N-dealkylation sites (N-methyl/N-ethyl adjacent to an activating group) is 1. The van der Waals surface area contributed by atoms with Crippen LogP contribution in [0.1, 0.15) is 18.5 Å². The summed E-state index contributed by atoms with van der Waals surface area (Å²) in [5.41, 5.74) is 1.99. The van der Waals surface area contributed by atoms with Crippen LogP contribution in [0.5, 0.6) is 5.75 Å². The lowest BCUT2D eigenvalue weighted by Gasteiger charge is -2.33. The van der Waals surface area contributed by atoms with Crippen molar-refractivity contribution < 1.29 is 4.74 Å². The molecule has 0 saturated heterocycles. The molecule has 0 fully saturated rings. The standard InChI is InChI=1S/C19H25ClN4OS/c1-14(15-7-9-21-10-8-15)24(12-11-23(2)3)19(26)22-16-5-6-18(25-4)17(20)13-16/h5-10,13-14H,11-12H2,1-4H3,(H,22,26)/t14-/m1/s1. The molecule has 1 aromatic carbocycles. The number of rotatable bonds is 7. The SMILES string of the molecule is COc1ccc(NC(=S)N(CCN(C)C)[C@H](C)c2ccncc2)cc1Cl. The molecule has 7 heteroatoms. The Hall–Kier alpha value is -1.89. The molecule has 1 atom stereocenters. The lowest BCUT2D eigenvalue weighted by molar-refractivity contribution is 0.289. The fraction of sp³-hybridized carbons (Fsp3) is 0.368. The van der Waals surface area contributed by atoms with Gasteiger partial charge in [-0.05, 0) is 69.1 Å². The van der Waals surface area contributed by atoms with Crippen molar-refractivity contribution in [2.75, 3.05) is 39.6 Å². The minimum Gasteiger partial charge on any atom is -0.495 e. The number of anilines is 1. The molecule has 0 spiro atoms. The number of benzene rings is 1. The molecule has 0 amide bonds. The van der Waals surface area contributed by atoms with Crippen LogP contribution in [0.3, 0.4) is 0 Å². The molecule has 26 heavy (non-hydrogen) atoms. The number of nitrogens with one attached hydrogen (secondary N) is 1. The van der Waals surface area contributed by atoms with Gasteiger partial charge >= 0.3 is 0 Å². The van der Waals surface area contributed by atoms with E-state index in [0.717, 1.165) is 24.3 Å². The molecule has 140 valence electrons. The highest BCUT2D eigenvalue weighted by Crippen LogP contribution is 2.28. The van der Waals surface area contributed by atoms with E-state index < -0.39 is 0 Å². The van der Waals surface area contributed by atoms with E-state index in [2.05, 4.69) is 41.1 Å². The van der Waals surface area contributed by atoms with Gasteiger partial charge in [0.1, 0.15) is 5.75 Å². The van der Waals surface area contributed by atoms with Crippen LogP contribution < -0.4 is 10.1 Å². The summed E-state index contributed by atoms with van der Waals surface area (Å²) in [6.07, 6.45) is 3.60. The summed E-state index contributed by atoms with van der Waals surface area (Å²) in [6.45, 7) is 3.83. The van der Waals surface area contributed by atoms with Gasteiger partial charge in [0.15, 0.2) is 5.11 Å². The normalized spacial score (nSPS) is 11.9. The molecule has 0 unspecified atom stereocenters. The van der Waals surface area contributed by atoms with E-state index in [1.165, 1.54) is 0 Å². The van der Waals surface area contributed by atoms with Crippen LogP contribution in [0.15, 0.2) is 42.7 Å². The average molecular weight is 393 g/mol. The van der Waals surface area contributed by atoms with Crippen LogP contribution in [0.25, 0.3) is 0 Å². The second kappa shape index (κ2) is 9.71. The number of ether oxygens (including phenoxy) is 1. The van der Waals surface area contributed by atoms with Crippen LogP contribution in [-0.4, -0.2) is 54.2 Å². The molecule has 1 aromatic heterocycles. The van der Waals surface area contributed by atoms with Crippen molar-refractivity contribution in [2.45, 2.75) is 13.0 Å². The molecule has 0 aliphatic carbocycles. The van der Waals surface area contributed by atoms with E-state index in [0.29, 0.717) is 15.9 Å². The molecule has 0 aliphatic heterocycles. The van der Waals surface area contributed by atoms with E-state index in [4.69, 9.17) is 28.6 Å². The summed E-state index contributed by atoms with van der Waals surface area (Å²) in [4.78, 5) is 8.41. The topological polar surface area (TPSA) is 40.6 Å². The quantitative estimate of drug-likeness (QED) is 0.716. The molecule has 0 saturated carbocycles. The van der Waals surface area contributed by atoms with Crippen molar-refractivity contribution in [3.05, 3.63) is 53.3 Å². The number of nitrogens with zero attached hydrogens (tertiary/aromatic N) is 3. The Morgan fingerprint density at radius 1 is 1.23 bits per heavy atom. The van der Waals surface area contributed by atoms with Crippen LogP contribution in [0.2, 0.25) is 5.02 Å². The summed E-state index contributed by atoms with van der Waals surface area (Å²) in [7, 11) is 5.70. The number of methoxy groups -OCH3 is 1. The second-order valence-electron chi connectivity index (χ2n) is 6.23. The van der Waals surface area contributed by atoms with Crippen molar-refractivity contribution in [2.24, 2.45) is 0 Å². The first kappa shape index (κ1) is 20.4. The predicted octanol–water partition coefficient (Wildman–Crippen LogP) is 4.07. The summed E-state index contributed by atoms with van der Waals surface area (Å²) in [6, 6.07) is 9.68. The smallest absolute Gasteiger partial charge is 0.173 e. The van der Waals surface area contributed by atoms with E-state index in [9.17, 15) is 0 Å². The van der Waals surface area contributed by atoms with Gasteiger partial charge in [-0.2, -0.15) is 0 Å². The summed E-state index contributed by atoms with van der Waals surface area (Å²) in [5, 5.41) is 4.49. The molecule has 1 N–H and O–H groups in total. The fourth-order valence-corrected chi connectivity index (χ4v) is 3.17. The minimum absolute atomic E-state index is 0.117. The average Bonchev–Trinajstić information content (AvgIpc) is 2.62. The second-order valence-corrected chi connectivity index (χ2v) is 7.03. The monoisotopic (exact) mass is 392 g/mol. The Morgan fingerprint density at radius 3 is 2.50 bits per heavy atom. The molecule has 2 aromatic rings.